The molecule has 1 heterocycles. The van der Waals surface area contributed by atoms with Crippen LogP contribution in [0.25, 0.3) is 60.1 Å². The first-order valence-electron chi connectivity index (χ1n) is 11.7. The van der Waals surface area contributed by atoms with Crippen LogP contribution in [-0.4, -0.2) is 4.98 Å². The van der Waals surface area contributed by atoms with Crippen molar-refractivity contribution >= 4 is 48.9 Å². The van der Waals surface area contributed by atoms with E-state index in [0.29, 0.717) is 0 Å². The number of H-pyrrole nitrogens is 1. The number of para-hydroxylation sites is 1. The highest BCUT2D eigenvalue weighted by Crippen LogP contribution is 2.43. The molecular weight excluding hydrogens is 398 g/mol. The van der Waals surface area contributed by atoms with Crippen molar-refractivity contribution < 1.29 is 0 Å². The van der Waals surface area contributed by atoms with Crippen LogP contribution in [0.3, 0.4) is 0 Å². The SMILES string of the molecule is C1=CC(c2c3ccccc3c(-c3ccc4[nH]c5ccccc5c4c3)c3ccccc23)=CCC1. The molecule has 0 saturated carbocycles. The molecule has 0 spiro atoms. The summed E-state index contributed by atoms with van der Waals surface area (Å²) in [7, 11) is 0. The van der Waals surface area contributed by atoms with Crippen LogP contribution < -0.4 is 0 Å². The maximum absolute atomic E-state index is 3.57. The van der Waals surface area contributed by atoms with Crippen LogP contribution >= 0.6 is 0 Å². The maximum Gasteiger partial charge on any atom is 0.0465 e. The van der Waals surface area contributed by atoms with Crippen LogP contribution in [0, 0.1) is 0 Å². The van der Waals surface area contributed by atoms with Gasteiger partial charge >= 0.3 is 0 Å². The molecule has 0 unspecified atom stereocenters. The Morgan fingerprint density at radius 2 is 1.12 bits per heavy atom. The topological polar surface area (TPSA) is 15.8 Å². The molecule has 0 radical (unpaired) electrons. The molecule has 6 aromatic rings. The summed E-state index contributed by atoms with van der Waals surface area (Å²) in [5, 5.41) is 7.82. The van der Waals surface area contributed by atoms with Gasteiger partial charge in [0.25, 0.3) is 0 Å². The van der Waals surface area contributed by atoms with Crippen molar-refractivity contribution in [3.63, 3.8) is 0 Å². The van der Waals surface area contributed by atoms with E-state index in [1.807, 2.05) is 0 Å². The van der Waals surface area contributed by atoms with E-state index in [-0.39, 0.29) is 0 Å². The Kier molecular flexibility index (Phi) is 4.04. The van der Waals surface area contributed by atoms with Crippen LogP contribution in [0.1, 0.15) is 18.4 Å². The Hall–Kier alpha value is -4.10. The fourth-order valence-electron chi connectivity index (χ4n) is 5.55. The number of hydrogen-bond donors (Lipinski definition) is 1. The van der Waals surface area contributed by atoms with Crippen molar-refractivity contribution in [2.45, 2.75) is 12.8 Å². The van der Waals surface area contributed by atoms with Crippen molar-refractivity contribution in [3.8, 4) is 11.1 Å². The van der Waals surface area contributed by atoms with E-state index >= 15 is 0 Å². The minimum Gasteiger partial charge on any atom is -0.355 e. The molecule has 0 bridgehead atoms. The summed E-state index contributed by atoms with van der Waals surface area (Å²) < 4.78 is 0. The lowest BCUT2D eigenvalue weighted by molar-refractivity contribution is 1.04. The van der Waals surface area contributed by atoms with Gasteiger partial charge in [-0.05, 0) is 74.8 Å². The fraction of sp³-hybridized carbons (Fsp3) is 0.0625. The zero-order chi connectivity index (χ0) is 21.8. The molecule has 0 fully saturated rings. The Bertz CT molecular complexity index is 1700. The van der Waals surface area contributed by atoms with Crippen LogP contribution in [0.15, 0.2) is 109 Å². The van der Waals surface area contributed by atoms with Gasteiger partial charge in [0.05, 0.1) is 0 Å². The van der Waals surface area contributed by atoms with Crippen molar-refractivity contribution in [3.05, 3.63) is 115 Å². The van der Waals surface area contributed by atoms with Gasteiger partial charge < -0.3 is 4.98 Å². The highest BCUT2D eigenvalue weighted by atomic mass is 14.7. The highest BCUT2D eigenvalue weighted by molar-refractivity contribution is 6.20. The van der Waals surface area contributed by atoms with Crippen LogP contribution in [0.4, 0.5) is 0 Å². The summed E-state index contributed by atoms with van der Waals surface area (Å²) >= 11 is 0. The molecule has 1 aliphatic rings. The third kappa shape index (κ3) is 2.79. The van der Waals surface area contributed by atoms with E-state index in [1.54, 1.807) is 0 Å². The lowest BCUT2D eigenvalue weighted by Crippen LogP contribution is -1.94. The van der Waals surface area contributed by atoms with Gasteiger partial charge in [-0.25, -0.2) is 0 Å². The van der Waals surface area contributed by atoms with Crippen LogP contribution in [0.5, 0.6) is 0 Å². The Morgan fingerprint density at radius 3 is 1.79 bits per heavy atom. The zero-order valence-corrected chi connectivity index (χ0v) is 18.3. The molecule has 7 rings (SSSR count). The third-order valence-electron chi connectivity index (χ3n) is 7.01. The molecule has 1 nitrogen and oxygen atoms in total. The Balaban J connectivity index is 1.61. The summed E-state index contributed by atoms with van der Waals surface area (Å²) in [6, 6.07) is 33.2. The first-order chi connectivity index (χ1) is 16.4. The Labute approximate surface area is 192 Å². The van der Waals surface area contributed by atoms with Gasteiger partial charge in [-0.15, -0.1) is 0 Å². The summed E-state index contributed by atoms with van der Waals surface area (Å²) in [4.78, 5) is 3.57. The van der Waals surface area contributed by atoms with E-state index in [4.69, 9.17) is 0 Å². The van der Waals surface area contributed by atoms with Gasteiger partial charge in [0.15, 0.2) is 0 Å². The van der Waals surface area contributed by atoms with E-state index < -0.39 is 0 Å². The molecule has 5 aromatic carbocycles. The predicted octanol–water partition coefficient (Wildman–Crippen LogP) is 9.03. The number of hydrogen-bond acceptors (Lipinski definition) is 0. The number of nitrogens with one attached hydrogen (secondary N) is 1. The summed E-state index contributed by atoms with van der Waals surface area (Å²) in [6.07, 6.45) is 9.23. The van der Waals surface area contributed by atoms with Gasteiger partial charge in [-0.3, -0.25) is 0 Å². The van der Waals surface area contributed by atoms with Gasteiger partial charge in [0, 0.05) is 21.8 Å². The first-order valence-corrected chi connectivity index (χ1v) is 11.7. The monoisotopic (exact) mass is 421 g/mol. The lowest BCUT2D eigenvalue weighted by atomic mass is 9.84. The molecule has 0 atom stereocenters. The largest absolute Gasteiger partial charge is 0.355 e. The minimum atomic E-state index is 1.10. The quantitative estimate of drug-likeness (QED) is 0.268. The van der Waals surface area contributed by atoms with Crippen molar-refractivity contribution in [2.24, 2.45) is 0 Å². The average Bonchev–Trinajstić information content (AvgIpc) is 3.25. The molecule has 0 amide bonds. The molecule has 156 valence electrons. The van der Waals surface area contributed by atoms with Gasteiger partial charge in [0.1, 0.15) is 0 Å². The highest BCUT2D eigenvalue weighted by Gasteiger charge is 2.17. The van der Waals surface area contributed by atoms with E-state index in [2.05, 4.69) is 114 Å². The standard InChI is InChI=1S/C32H23N/c1-2-10-21(11-3-1)31-24-13-4-6-15-26(24)32(27-16-7-5-14-25(27)31)22-18-19-30-28(20-22)23-12-8-9-17-29(23)33-30/h2,4-20,33H,1,3H2. The number of allylic oxidation sites excluding steroid dienone is 4. The molecule has 1 heteroatoms. The number of rotatable bonds is 2. The normalized spacial score (nSPS) is 13.9. The van der Waals surface area contributed by atoms with Gasteiger partial charge in [-0.1, -0.05) is 91.0 Å². The molecular formula is C32H23N. The second kappa shape index (κ2) is 7.21. The van der Waals surface area contributed by atoms with E-state index in [9.17, 15) is 0 Å². The van der Waals surface area contributed by atoms with Crippen molar-refractivity contribution in [1.82, 2.24) is 4.98 Å². The average molecular weight is 422 g/mol. The molecule has 1 N–H and O–H groups in total. The summed E-state index contributed by atoms with van der Waals surface area (Å²) in [5.41, 5.74) is 7.65. The smallest absolute Gasteiger partial charge is 0.0465 e. The second-order valence-electron chi connectivity index (χ2n) is 8.91. The number of aromatic amines is 1. The summed E-state index contributed by atoms with van der Waals surface area (Å²) in [6.45, 7) is 0. The predicted molar refractivity (Wildman–Crippen MR) is 143 cm³/mol. The number of benzene rings is 5. The minimum absolute atomic E-state index is 1.10. The lowest BCUT2D eigenvalue weighted by Gasteiger charge is -2.19. The van der Waals surface area contributed by atoms with Crippen molar-refractivity contribution in [2.75, 3.05) is 0 Å². The number of fused-ring (bicyclic) bond motifs is 5. The molecule has 1 aromatic heterocycles. The third-order valence-corrected chi connectivity index (χ3v) is 7.01. The second-order valence-corrected chi connectivity index (χ2v) is 8.91. The molecule has 1 aliphatic carbocycles. The van der Waals surface area contributed by atoms with Gasteiger partial charge in [-0.2, -0.15) is 0 Å². The Morgan fingerprint density at radius 1 is 0.515 bits per heavy atom. The maximum atomic E-state index is 3.57. The van der Waals surface area contributed by atoms with Crippen LogP contribution in [0.2, 0.25) is 0 Å². The van der Waals surface area contributed by atoms with E-state index in [1.165, 1.54) is 65.6 Å². The first kappa shape index (κ1) is 18.5. The van der Waals surface area contributed by atoms with Gasteiger partial charge in [0.2, 0.25) is 0 Å². The molecule has 0 saturated heterocycles. The van der Waals surface area contributed by atoms with Crippen molar-refractivity contribution in [1.29, 1.82) is 0 Å². The summed E-state index contributed by atoms with van der Waals surface area (Å²) in [5.74, 6) is 0. The fourth-order valence-corrected chi connectivity index (χ4v) is 5.55. The van der Waals surface area contributed by atoms with E-state index in [0.717, 1.165) is 12.8 Å². The molecule has 33 heavy (non-hydrogen) atoms. The zero-order valence-electron chi connectivity index (χ0n) is 18.3. The number of aromatic nitrogens is 1. The molecule has 0 aliphatic heterocycles. The van der Waals surface area contributed by atoms with Crippen LogP contribution in [-0.2, 0) is 0 Å².